The monoisotopic (exact) mass is 382 g/mol. The van der Waals surface area contributed by atoms with Crippen LogP contribution in [0, 0.1) is 0 Å². The summed E-state index contributed by atoms with van der Waals surface area (Å²) in [5.74, 6) is -0.500. The lowest BCUT2D eigenvalue weighted by Crippen LogP contribution is -2.08. The Kier molecular flexibility index (Phi) is 4.39. The number of nitrogens with zero attached hydrogens (tertiary/aromatic N) is 2. The normalized spacial score (nSPS) is 13.7. The highest BCUT2D eigenvalue weighted by molar-refractivity contribution is 5.87. The van der Waals surface area contributed by atoms with Crippen molar-refractivity contribution in [2.45, 2.75) is 31.7 Å². The lowest BCUT2D eigenvalue weighted by atomic mass is 10.0. The molecule has 4 heteroatoms. The van der Waals surface area contributed by atoms with Crippen molar-refractivity contribution in [3.05, 3.63) is 101 Å². The van der Waals surface area contributed by atoms with Crippen molar-refractivity contribution >= 4 is 16.9 Å². The summed E-state index contributed by atoms with van der Waals surface area (Å²) in [7, 11) is 0. The van der Waals surface area contributed by atoms with Crippen molar-refractivity contribution in [1.29, 1.82) is 0 Å². The summed E-state index contributed by atoms with van der Waals surface area (Å²) in [6.45, 7) is 0.833. The number of rotatable bonds is 6. The van der Waals surface area contributed by atoms with Crippen LogP contribution in [0.5, 0.6) is 0 Å². The van der Waals surface area contributed by atoms with Gasteiger partial charge in [-0.15, -0.1) is 0 Å². The number of carboxylic acid groups (broad SMARTS) is 1. The largest absolute Gasteiger partial charge is 0.477 e. The second-order valence-corrected chi connectivity index (χ2v) is 7.82. The van der Waals surface area contributed by atoms with Crippen LogP contribution in [0.25, 0.3) is 10.9 Å². The molecule has 0 bridgehead atoms. The van der Waals surface area contributed by atoms with Crippen molar-refractivity contribution in [2.24, 2.45) is 0 Å². The first-order chi connectivity index (χ1) is 14.2. The molecule has 2 aromatic carbocycles. The molecule has 0 spiro atoms. The minimum absolute atomic E-state index is 0.191. The third-order valence-corrected chi connectivity index (χ3v) is 5.62. The van der Waals surface area contributed by atoms with Gasteiger partial charge in [-0.05, 0) is 65.6 Å². The lowest BCUT2D eigenvalue weighted by molar-refractivity contribution is 0.0689. The van der Waals surface area contributed by atoms with Gasteiger partial charge in [-0.3, -0.25) is 0 Å². The molecular weight excluding hydrogens is 360 g/mol. The zero-order valence-corrected chi connectivity index (χ0v) is 16.1. The summed E-state index contributed by atoms with van der Waals surface area (Å²) in [4.78, 5) is 16.2. The summed E-state index contributed by atoms with van der Waals surface area (Å²) in [6, 6.07) is 22.8. The van der Waals surface area contributed by atoms with Crippen LogP contribution in [0.2, 0.25) is 0 Å². The minimum atomic E-state index is -0.947. The highest BCUT2D eigenvalue weighted by Crippen LogP contribution is 2.39. The van der Waals surface area contributed by atoms with Crippen molar-refractivity contribution in [2.75, 3.05) is 0 Å². The van der Waals surface area contributed by atoms with E-state index in [0.29, 0.717) is 12.3 Å². The van der Waals surface area contributed by atoms with Gasteiger partial charge in [-0.2, -0.15) is 0 Å². The molecule has 144 valence electrons. The number of carboxylic acids is 1. The fraction of sp³-hybridized carbons (Fsp3) is 0.200. The van der Waals surface area contributed by atoms with Gasteiger partial charge in [0.25, 0.3) is 0 Å². The minimum Gasteiger partial charge on any atom is -0.477 e. The standard InChI is InChI=1S/C25H22N2O2/c28-25(29)24-21(9-10-22(26-24)19-7-8-19)15-18-6-11-23-20(14-18)12-13-27(23)16-17-4-2-1-3-5-17/h1-6,9-14,19H,7-8,15-16H2,(H,28,29). The van der Waals surface area contributed by atoms with Crippen LogP contribution < -0.4 is 0 Å². The van der Waals surface area contributed by atoms with E-state index in [9.17, 15) is 9.90 Å². The Bertz CT molecular complexity index is 1190. The Morgan fingerprint density at radius 3 is 2.59 bits per heavy atom. The SMILES string of the molecule is O=C(O)c1nc(C2CC2)ccc1Cc1ccc2c(ccn2Cc2ccccc2)c1. The maximum atomic E-state index is 11.7. The van der Waals surface area contributed by atoms with E-state index in [1.165, 1.54) is 11.1 Å². The zero-order valence-electron chi connectivity index (χ0n) is 16.1. The molecule has 0 unspecified atom stereocenters. The second-order valence-electron chi connectivity index (χ2n) is 7.82. The Morgan fingerprint density at radius 1 is 1.00 bits per heavy atom. The third kappa shape index (κ3) is 3.66. The number of hydrogen-bond acceptors (Lipinski definition) is 2. The highest BCUT2D eigenvalue weighted by Gasteiger charge is 2.26. The van der Waals surface area contributed by atoms with Crippen molar-refractivity contribution in [3.63, 3.8) is 0 Å². The Morgan fingerprint density at radius 2 is 1.83 bits per heavy atom. The van der Waals surface area contributed by atoms with Crippen LogP contribution in [0.15, 0.2) is 72.9 Å². The van der Waals surface area contributed by atoms with Gasteiger partial charge in [0.1, 0.15) is 0 Å². The molecule has 0 atom stereocenters. The number of aromatic carboxylic acids is 1. The zero-order chi connectivity index (χ0) is 19.8. The molecule has 4 aromatic rings. The van der Waals surface area contributed by atoms with Gasteiger partial charge < -0.3 is 9.67 Å². The Labute approximate surface area is 169 Å². The molecule has 4 nitrogen and oxygen atoms in total. The fourth-order valence-corrected chi connectivity index (χ4v) is 3.93. The first kappa shape index (κ1) is 17.7. The number of hydrogen-bond donors (Lipinski definition) is 1. The van der Waals surface area contributed by atoms with Crippen LogP contribution in [-0.4, -0.2) is 20.6 Å². The highest BCUT2D eigenvalue weighted by atomic mass is 16.4. The van der Waals surface area contributed by atoms with Crippen LogP contribution in [-0.2, 0) is 13.0 Å². The fourth-order valence-electron chi connectivity index (χ4n) is 3.93. The Balaban J connectivity index is 1.42. The predicted octanol–water partition coefficient (Wildman–Crippen LogP) is 5.25. The van der Waals surface area contributed by atoms with E-state index in [1.807, 2.05) is 18.2 Å². The maximum Gasteiger partial charge on any atom is 0.354 e. The van der Waals surface area contributed by atoms with E-state index in [1.54, 1.807) is 0 Å². The van der Waals surface area contributed by atoms with E-state index < -0.39 is 5.97 Å². The summed E-state index contributed by atoms with van der Waals surface area (Å²) in [5, 5.41) is 10.8. The smallest absolute Gasteiger partial charge is 0.354 e. The van der Waals surface area contributed by atoms with Crippen molar-refractivity contribution in [3.8, 4) is 0 Å². The molecule has 1 N–H and O–H groups in total. The van der Waals surface area contributed by atoms with Gasteiger partial charge in [-0.1, -0.05) is 42.5 Å². The molecule has 1 aliphatic rings. The molecule has 1 saturated carbocycles. The average Bonchev–Trinajstić information content (AvgIpc) is 3.51. The van der Waals surface area contributed by atoms with E-state index in [-0.39, 0.29) is 5.69 Å². The van der Waals surface area contributed by atoms with E-state index >= 15 is 0 Å². The molecule has 1 aliphatic carbocycles. The van der Waals surface area contributed by atoms with E-state index in [4.69, 9.17) is 0 Å². The molecule has 2 heterocycles. The number of fused-ring (bicyclic) bond motifs is 1. The number of benzene rings is 2. The van der Waals surface area contributed by atoms with Gasteiger partial charge in [0.05, 0.1) is 0 Å². The molecule has 0 aliphatic heterocycles. The molecule has 2 aromatic heterocycles. The van der Waals surface area contributed by atoms with Crippen molar-refractivity contribution in [1.82, 2.24) is 9.55 Å². The molecule has 1 fully saturated rings. The van der Waals surface area contributed by atoms with Gasteiger partial charge in [0.15, 0.2) is 5.69 Å². The quantitative estimate of drug-likeness (QED) is 0.495. The summed E-state index contributed by atoms with van der Waals surface area (Å²) >= 11 is 0. The van der Waals surface area contributed by atoms with Crippen molar-refractivity contribution < 1.29 is 9.90 Å². The van der Waals surface area contributed by atoms with Gasteiger partial charge >= 0.3 is 5.97 Å². The number of pyridine rings is 1. The average molecular weight is 382 g/mol. The molecule has 5 rings (SSSR count). The topological polar surface area (TPSA) is 55.1 Å². The summed E-state index contributed by atoms with van der Waals surface area (Å²) in [5.41, 5.74) is 5.42. The van der Waals surface area contributed by atoms with Gasteiger partial charge in [0.2, 0.25) is 0 Å². The summed E-state index contributed by atoms with van der Waals surface area (Å²) in [6.07, 6.45) is 4.90. The molecular formula is C25H22N2O2. The first-order valence-corrected chi connectivity index (χ1v) is 10.0. The van der Waals surface area contributed by atoms with Crippen LogP contribution in [0.3, 0.4) is 0 Å². The second kappa shape index (κ2) is 7.21. The molecule has 0 saturated heterocycles. The molecule has 0 amide bonds. The molecule has 29 heavy (non-hydrogen) atoms. The van der Waals surface area contributed by atoms with Gasteiger partial charge in [-0.25, -0.2) is 9.78 Å². The predicted molar refractivity (Wildman–Crippen MR) is 113 cm³/mol. The van der Waals surface area contributed by atoms with Crippen LogP contribution >= 0.6 is 0 Å². The lowest BCUT2D eigenvalue weighted by Gasteiger charge is -2.09. The summed E-state index contributed by atoms with van der Waals surface area (Å²) < 4.78 is 2.24. The third-order valence-electron chi connectivity index (χ3n) is 5.62. The first-order valence-electron chi connectivity index (χ1n) is 10.0. The van der Waals surface area contributed by atoms with Gasteiger partial charge in [0, 0.05) is 29.9 Å². The Hall–Kier alpha value is -3.40. The maximum absolute atomic E-state index is 11.7. The molecule has 0 radical (unpaired) electrons. The van der Waals surface area contributed by atoms with Crippen LogP contribution in [0.4, 0.5) is 0 Å². The van der Waals surface area contributed by atoms with Crippen LogP contribution in [0.1, 0.15) is 51.6 Å². The van der Waals surface area contributed by atoms with E-state index in [2.05, 4.69) is 64.3 Å². The van der Waals surface area contributed by atoms with E-state index in [0.717, 1.165) is 41.6 Å². The number of carbonyl (C=O) groups is 1. The number of aromatic nitrogens is 2.